The third-order valence-electron chi connectivity index (χ3n) is 3.59. The molecular weight excluding hydrogens is 162 g/mol. The van der Waals surface area contributed by atoms with Crippen molar-refractivity contribution in [3.63, 3.8) is 0 Å². The van der Waals surface area contributed by atoms with Crippen molar-refractivity contribution in [3.05, 3.63) is 0 Å². The van der Waals surface area contributed by atoms with E-state index in [1.807, 2.05) is 0 Å². The van der Waals surface area contributed by atoms with Gasteiger partial charge >= 0.3 is 0 Å². The quantitative estimate of drug-likeness (QED) is 0.664. The van der Waals surface area contributed by atoms with Crippen LogP contribution in [0.1, 0.15) is 39.5 Å². The Bertz CT molecular complexity index is 173. The second kappa shape index (κ2) is 3.58. The maximum Gasteiger partial charge on any atom is 0.0588 e. The predicted octanol–water partition coefficient (Wildman–Crippen LogP) is 2.04. The van der Waals surface area contributed by atoms with E-state index in [0.717, 1.165) is 6.61 Å². The van der Waals surface area contributed by atoms with Gasteiger partial charge in [0.15, 0.2) is 0 Å². The zero-order chi connectivity index (χ0) is 9.31. The molecule has 2 nitrogen and oxygen atoms in total. The fraction of sp³-hybridized carbons (Fsp3) is 1.00. The molecule has 0 aromatic heterocycles. The van der Waals surface area contributed by atoms with Crippen molar-refractivity contribution in [3.8, 4) is 0 Å². The summed E-state index contributed by atoms with van der Waals surface area (Å²) in [6.07, 6.45) is 5.72. The lowest BCUT2D eigenvalue weighted by atomic mass is 9.88. The van der Waals surface area contributed by atoms with Gasteiger partial charge in [-0.25, -0.2) is 0 Å². The van der Waals surface area contributed by atoms with Gasteiger partial charge in [-0.1, -0.05) is 0 Å². The van der Waals surface area contributed by atoms with Crippen LogP contribution >= 0.6 is 0 Å². The summed E-state index contributed by atoms with van der Waals surface area (Å²) in [6.45, 7) is 8.20. The van der Waals surface area contributed by atoms with E-state index >= 15 is 0 Å². The molecule has 0 aromatic carbocycles. The van der Waals surface area contributed by atoms with E-state index in [0.29, 0.717) is 11.6 Å². The molecule has 1 atom stereocenters. The Balaban J connectivity index is 1.67. The summed E-state index contributed by atoms with van der Waals surface area (Å²) in [5.74, 6) is 0. The van der Waals surface area contributed by atoms with Crippen LogP contribution in [0.2, 0.25) is 0 Å². The minimum Gasteiger partial charge on any atom is -0.378 e. The van der Waals surface area contributed by atoms with Gasteiger partial charge in [-0.05, 0) is 39.5 Å². The Hall–Kier alpha value is -0.0800. The Labute approximate surface area is 81.3 Å². The summed E-state index contributed by atoms with van der Waals surface area (Å²) in [5, 5.41) is 0. The number of nitrogens with zero attached hydrogens (tertiary/aromatic N) is 1. The van der Waals surface area contributed by atoms with Crippen LogP contribution in [0.4, 0.5) is 0 Å². The fourth-order valence-corrected chi connectivity index (χ4v) is 2.30. The van der Waals surface area contributed by atoms with Crippen LogP contribution < -0.4 is 0 Å². The molecule has 13 heavy (non-hydrogen) atoms. The molecule has 0 N–H and O–H groups in total. The molecule has 0 spiro atoms. The minimum atomic E-state index is 0.471. The maximum absolute atomic E-state index is 5.61. The van der Waals surface area contributed by atoms with Crippen molar-refractivity contribution < 1.29 is 4.74 Å². The van der Waals surface area contributed by atoms with E-state index in [1.165, 1.54) is 38.8 Å². The number of hydrogen-bond donors (Lipinski definition) is 0. The molecule has 0 bridgehead atoms. The number of hydrogen-bond acceptors (Lipinski definition) is 2. The van der Waals surface area contributed by atoms with E-state index < -0.39 is 0 Å². The molecule has 0 radical (unpaired) electrons. The molecule has 2 heteroatoms. The van der Waals surface area contributed by atoms with Crippen LogP contribution in [0.5, 0.6) is 0 Å². The van der Waals surface area contributed by atoms with Gasteiger partial charge in [0.2, 0.25) is 0 Å². The maximum atomic E-state index is 5.61. The average molecular weight is 183 g/mol. The standard InChI is InChI=1S/C11H21NO/c1-11(2)6-8-12(11)7-5-10-4-3-9-13-10/h10H,3-9H2,1-2H3. The zero-order valence-corrected chi connectivity index (χ0v) is 8.88. The second-order valence-corrected chi connectivity index (χ2v) is 4.97. The van der Waals surface area contributed by atoms with E-state index in [1.54, 1.807) is 0 Å². The van der Waals surface area contributed by atoms with Gasteiger partial charge in [-0.2, -0.15) is 0 Å². The Morgan fingerprint density at radius 1 is 1.46 bits per heavy atom. The number of rotatable bonds is 3. The molecule has 2 fully saturated rings. The molecule has 0 amide bonds. The third-order valence-corrected chi connectivity index (χ3v) is 3.59. The second-order valence-electron chi connectivity index (χ2n) is 4.97. The van der Waals surface area contributed by atoms with E-state index in [4.69, 9.17) is 4.74 Å². The van der Waals surface area contributed by atoms with Crippen LogP contribution in [0.15, 0.2) is 0 Å². The Morgan fingerprint density at radius 3 is 2.77 bits per heavy atom. The lowest BCUT2D eigenvalue weighted by Crippen LogP contribution is -2.56. The first-order valence-electron chi connectivity index (χ1n) is 5.55. The lowest BCUT2D eigenvalue weighted by Gasteiger charge is -2.48. The SMILES string of the molecule is CC1(C)CCN1CCC1CCCO1. The Kier molecular flexibility index (Phi) is 2.61. The first-order valence-corrected chi connectivity index (χ1v) is 5.55. The van der Waals surface area contributed by atoms with Gasteiger partial charge in [0, 0.05) is 25.2 Å². The summed E-state index contributed by atoms with van der Waals surface area (Å²) in [7, 11) is 0. The van der Waals surface area contributed by atoms with Crippen molar-refractivity contribution in [2.45, 2.75) is 51.2 Å². The normalized spacial score (nSPS) is 33.2. The number of likely N-dealkylation sites (tertiary alicyclic amines) is 1. The number of ether oxygens (including phenoxy) is 1. The van der Waals surface area contributed by atoms with Crippen LogP contribution in [0.25, 0.3) is 0 Å². The Morgan fingerprint density at radius 2 is 2.31 bits per heavy atom. The summed E-state index contributed by atoms with van der Waals surface area (Å²) >= 11 is 0. The lowest BCUT2D eigenvalue weighted by molar-refractivity contribution is -0.000426. The smallest absolute Gasteiger partial charge is 0.0588 e. The third kappa shape index (κ3) is 2.05. The first-order chi connectivity index (χ1) is 6.18. The molecule has 0 aliphatic carbocycles. The monoisotopic (exact) mass is 183 g/mol. The van der Waals surface area contributed by atoms with Gasteiger partial charge in [0.25, 0.3) is 0 Å². The highest BCUT2D eigenvalue weighted by Gasteiger charge is 2.35. The molecule has 2 rings (SSSR count). The fourth-order valence-electron chi connectivity index (χ4n) is 2.30. The van der Waals surface area contributed by atoms with Crippen molar-refractivity contribution >= 4 is 0 Å². The predicted molar refractivity (Wildman–Crippen MR) is 53.9 cm³/mol. The van der Waals surface area contributed by atoms with Gasteiger partial charge in [-0.15, -0.1) is 0 Å². The van der Waals surface area contributed by atoms with Crippen molar-refractivity contribution in [2.24, 2.45) is 0 Å². The molecule has 2 aliphatic rings. The highest BCUT2D eigenvalue weighted by atomic mass is 16.5. The van der Waals surface area contributed by atoms with Crippen LogP contribution in [0, 0.1) is 0 Å². The molecule has 0 aromatic rings. The van der Waals surface area contributed by atoms with Gasteiger partial charge < -0.3 is 4.74 Å². The largest absolute Gasteiger partial charge is 0.378 e. The summed E-state index contributed by atoms with van der Waals surface area (Å²) in [4.78, 5) is 2.58. The highest BCUT2D eigenvalue weighted by molar-refractivity contribution is 4.91. The average Bonchev–Trinajstić information content (AvgIpc) is 2.55. The van der Waals surface area contributed by atoms with Crippen LogP contribution in [-0.2, 0) is 4.74 Å². The van der Waals surface area contributed by atoms with Crippen molar-refractivity contribution in [1.82, 2.24) is 4.90 Å². The molecule has 1 unspecified atom stereocenters. The van der Waals surface area contributed by atoms with E-state index in [-0.39, 0.29) is 0 Å². The van der Waals surface area contributed by atoms with Gasteiger partial charge in [0.1, 0.15) is 0 Å². The highest BCUT2D eigenvalue weighted by Crippen LogP contribution is 2.30. The minimum absolute atomic E-state index is 0.471. The summed E-state index contributed by atoms with van der Waals surface area (Å²) in [6, 6.07) is 0. The van der Waals surface area contributed by atoms with Crippen molar-refractivity contribution in [1.29, 1.82) is 0 Å². The van der Waals surface area contributed by atoms with Gasteiger partial charge in [0.05, 0.1) is 6.10 Å². The molecular formula is C11H21NO. The molecule has 76 valence electrons. The first kappa shape index (κ1) is 9.47. The van der Waals surface area contributed by atoms with Gasteiger partial charge in [-0.3, -0.25) is 4.90 Å². The van der Waals surface area contributed by atoms with E-state index in [2.05, 4.69) is 18.7 Å². The summed E-state index contributed by atoms with van der Waals surface area (Å²) < 4.78 is 5.61. The molecule has 2 saturated heterocycles. The molecule has 0 saturated carbocycles. The summed E-state index contributed by atoms with van der Waals surface area (Å²) in [5.41, 5.74) is 0.471. The van der Waals surface area contributed by atoms with Crippen molar-refractivity contribution in [2.75, 3.05) is 19.7 Å². The molecule has 2 aliphatic heterocycles. The van der Waals surface area contributed by atoms with Crippen LogP contribution in [0.3, 0.4) is 0 Å². The van der Waals surface area contributed by atoms with E-state index in [9.17, 15) is 0 Å². The topological polar surface area (TPSA) is 12.5 Å². The molecule has 2 heterocycles. The van der Waals surface area contributed by atoms with Crippen LogP contribution in [-0.4, -0.2) is 36.2 Å². The zero-order valence-electron chi connectivity index (χ0n) is 8.88.